The molecule has 0 spiro atoms. The molecule has 2 N–H and O–H groups in total. The number of phosphoric acid groups is 1. The first-order valence-electron chi connectivity index (χ1n) is 5.30. The Labute approximate surface area is 136 Å². The van der Waals surface area contributed by atoms with E-state index in [1.807, 2.05) is 0 Å². The van der Waals surface area contributed by atoms with Crippen LogP contribution >= 0.6 is 7.82 Å². The van der Waals surface area contributed by atoms with Gasteiger partial charge in [-0.3, -0.25) is 0 Å². The molecule has 4 nitrogen and oxygen atoms in total. The lowest BCUT2D eigenvalue weighted by molar-refractivity contribution is -0.465. The van der Waals surface area contributed by atoms with Crippen LogP contribution in [0.3, 0.4) is 0 Å². The first kappa shape index (κ1) is 26.1. The van der Waals surface area contributed by atoms with E-state index in [1.165, 1.54) is 0 Å². The zero-order chi connectivity index (χ0) is 22.7. The highest BCUT2D eigenvalue weighted by atomic mass is 31.2. The molecule has 0 rings (SSSR count). The maximum Gasteiger partial charge on any atom is 0.474 e. The van der Waals surface area contributed by atoms with Gasteiger partial charge in [-0.05, 0) is 0 Å². The van der Waals surface area contributed by atoms with Gasteiger partial charge in [-0.15, -0.1) is 0 Å². The Bertz CT molecular complexity index is 604. The molecule has 0 unspecified atom stereocenters. The summed E-state index contributed by atoms with van der Waals surface area (Å²) in [6.45, 7) is 0. The van der Waals surface area contributed by atoms with Gasteiger partial charge in [-0.2, -0.15) is 65.9 Å². The minimum atomic E-state index is -8.55. The molecule has 20 heteroatoms. The van der Waals surface area contributed by atoms with Gasteiger partial charge in [-0.25, -0.2) is 9.09 Å². The third kappa shape index (κ3) is 3.82. The van der Waals surface area contributed by atoms with Crippen molar-refractivity contribution in [3.05, 3.63) is 0 Å². The summed E-state index contributed by atoms with van der Waals surface area (Å²) in [5, 5.41) is 0. The van der Waals surface area contributed by atoms with E-state index in [9.17, 15) is 70.4 Å². The SMILES string of the molecule is O=P(O)(O)OC(F)(F)C(F)(F)C(F)(F)C(F)(F)C(F)(F)C(F)(F)C(F)(F)F. The van der Waals surface area contributed by atoms with Crippen LogP contribution in [0.25, 0.3) is 0 Å². The lowest BCUT2D eigenvalue weighted by Gasteiger charge is -2.40. The third-order valence-corrected chi connectivity index (χ3v) is 3.00. The fourth-order valence-electron chi connectivity index (χ4n) is 1.16. The number of hydrogen-bond acceptors (Lipinski definition) is 2. The van der Waals surface area contributed by atoms with Crippen LogP contribution in [-0.4, -0.2) is 51.7 Å². The van der Waals surface area contributed by atoms with Crippen molar-refractivity contribution in [2.75, 3.05) is 0 Å². The maximum atomic E-state index is 13.0. The normalized spacial score (nSPS) is 16.6. The number of alkyl halides is 15. The lowest BCUT2D eigenvalue weighted by atomic mass is 9.93. The fraction of sp³-hybridized carbons (Fsp3) is 1.00. The van der Waals surface area contributed by atoms with Crippen molar-refractivity contribution in [2.24, 2.45) is 0 Å². The summed E-state index contributed by atoms with van der Waals surface area (Å²) in [6.07, 6.45) is -15.2. The molecule has 0 radical (unpaired) electrons. The zero-order valence-corrected chi connectivity index (χ0v) is 12.2. The van der Waals surface area contributed by atoms with E-state index in [4.69, 9.17) is 9.79 Å². The predicted octanol–water partition coefficient (Wildman–Crippen LogP) is 4.43. The molecule has 0 heterocycles. The molecule has 0 fully saturated rings. The van der Waals surface area contributed by atoms with Crippen LogP contribution in [0.2, 0.25) is 0 Å². The molecule has 0 bridgehead atoms. The molecular weight excluding hydrogens is 464 g/mol. The van der Waals surface area contributed by atoms with E-state index in [0.29, 0.717) is 0 Å². The average molecular weight is 466 g/mol. The Morgan fingerprint density at radius 1 is 0.519 bits per heavy atom. The average Bonchev–Trinajstić information content (AvgIpc) is 2.33. The number of rotatable bonds is 7. The quantitative estimate of drug-likeness (QED) is 0.431. The van der Waals surface area contributed by atoms with Gasteiger partial charge in [0.2, 0.25) is 0 Å². The summed E-state index contributed by atoms with van der Waals surface area (Å²) >= 11 is 0. The van der Waals surface area contributed by atoms with E-state index < -0.39 is 49.7 Å². The van der Waals surface area contributed by atoms with Gasteiger partial charge in [0.05, 0.1) is 0 Å². The first-order chi connectivity index (χ1) is 11.2. The topological polar surface area (TPSA) is 66.8 Å². The molecular formula is C7H2F15O4P. The van der Waals surface area contributed by atoms with Crippen molar-refractivity contribution in [3.8, 4) is 0 Å². The second-order valence-electron chi connectivity index (χ2n) is 4.47. The van der Waals surface area contributed by atoms with Gasteiger partial charge in [0.25, 0.3) is 0 Å². The summed E-state index contributed by atoms with van der Waals surface area (Å²) in [4.78, 5) is 15.6. The van der Waals surface area contributed by atoms with Gasteiger partial charge in [0.1, 0.15) is 0 Å². The number of phosphoric ester groups is 1. The third-order valence-electron chi connectivity index (χ3n) is 2.53. The van der Waals surface area contributed by atoms with Crippen molar-refractivity contribution in [2.45, 2.75) is 41.9 Å². The first-order valence-corrected chi connectivity index (χ1v) is 6.83. The summed E-state index contributed by atoms with van der Waals surface area (Å²) in [6, 6.07) is 0. The number of halogens is 15. The Hall–Kier alpha value is -0.940. The van der Waals surface area contributed by atoms with Crippen molar-refractivity contribution in [1.82, 2.24) is 0 Å². The van der Waals surface area contributed by atoms with E-state index in [1.54, 1.807) is 4.52 Å². The molecule has 0 amide bonds. The molecule has 0 aliphatic heterocycles. The van der Waals surface area contributed by atoms with Crippen LogP contribution < -0.4 is 0 Å². The van der Waals surface area contributed by atoms with Crippen LogP contribution in [0.4, 0.5) is 65.9 Å². The lowest BCUT2D eigenvalue weighted by Crippen LogP contribution is -2.72. The molecule has 27 heavy (non-hydrogen) atoms. The molecule has 0 saturated carbocycles. The fourth-order valence-corrected chi connectivity index (χ4v) is 1.57. The summed E-state index contributed by atoms with van der Waals surface area (Å²) in [5.74, 6) is -41.7. The molecule has 0 aliphatic carbocycles. The molecule has 0 aromatic heterocycles. The smallest absolute Gasteiger partial charge is 0.303 e. The van der Waals surface area contributed by atoms with Gasteiger partial charge in [-0.1, -0.05) is 0 Å². The highest BCUT2D eigenvalue weighted by Crippen LogP contribution is 2.63. The van der Waals surface area contributed by atoms with Crippen LogP contribution in [0, 0.1) is 0 Å². The van der Waals surface area contributed by atoms with E-state index in [2.05, 4.69) is 0 Å². The second-order valence-corrected chi connectivity index (χ2v) is 5.63. The Balaban J connectivity index is 6.51. The molecule has 164 valence electrons. The van der Waals surface area contributed by atoms with Crippen molar-refractivity contribution in [1.29, 1.82) is 0 Å². The predicted molar refractivity (Wildman–Crippen MR) is 48.9 cm³/mol. The van der Waals surface area contributed by atoms with Crippen LogP contribution in [0.15, 0.2) is 0 Å². The van der Waals surface area contributed by atoms with Gasteiger partial charge in [0, 0.05) is 0 Å². The Kier molecular flexibility index (Phi) is 6.06. The van der Waals surface area contributed by atoms with E-state index in [0.717, 1.165) is 0 Å². The highest BCUT2D eigenvalue weighted by molar-refractivity contribution is 7.46. The monoisotopic (exact) mass is 466 g/mol. The zero-order valence-electron chi connectivity index (χ0n) is 11.3. The van der Waals surface area contributed by atoms with Gasteiger partial charge in [0.15, 0.2) is 0 Å². The minimum Gasteiger partial charge on any atom is -0.303 e. The minimum absolute atomic E-state index is 1.75. The molecule has 0 saturated heterocycles. The molecule has 0 aromatic rings. The van der Waals surface area contributed by atoms with Crippen molar-refractivity contribution in [3.63, 3.8) is 0 Å². The highest BCUT2D eigenvalue weighted by Gasteiger charge is 2.94. The second kappa shape index (κ2) is 6.28. The number of hydrogen-bond donors (Lipinski definition) is 2. The van der Waals surface area contributed by atoms with E-state index in [-0.39, 0.29) is 0 Å². The van der Waals surface area contributed by atoms with Crippen molar-refractivity contribution < 1.29 is 84.7 Å². The Morgan fingerprint density at radius 2 is 0.778 bits per heavy atom. The molecule has 0 aliphatic rings. The summed E-state index contributed by atoms with van der Waals surface area (Å²) in [5.41, 5.74) is 0. The van der Waals surface area contributed by atoms with Crippen molar-refractivity contribution >= 4 is 7.82 Å². The van der Waals surface area contributed by atoms with E-state index >= 15 is 0 Å². The largest absolute Gasteiger partial charge is 0.474 e. The Morgan fingerprint density at radius 3 is 1.04 bits per heavy atom. The standard InChI is InChI=1S/C7H2F15O4P/c8-1(9,2(10,11)4(14,15)6(18,19)20)3(12,13)5(16,17)7(21,22)26-27(23,24)25/h(H2,23,24,25). The van der Waals surface area contributed by atoms with Crippen LogP contribution in [0.1, 0.15) is 0 Å². The maximum absolute atomic E-state index is 13.0. The molecule has 0 aromatic carbocycles. The van der Waals surface area contributed by atoms with Gasteiger partial charge >= 0.3 is 49.7 Å². The summed E-state index contributed by atoms with van der Waals surface area (Å²) in [7, 11) is -6.93. The summed E-state index contributed by atoms with van der Waals surface area (Å²) < 4.78 is 200. The molecule has 0 atom stereocenters. The van der Waals surface area contributed by atoms with Crippen LogP contribution in [0.5, 0.6) is 0 Å². The van der Waals surface area contributed by atoms with Gasteiger partial charge < -0.3 is 9.79 Å². The van der Waals surface area contributed by atoms with Crippen LogP contribution in [-0.2, 0) is 9.09 Å².